The molecule has 2 aromatic rings. The molecule has 0 aromatic heterocycles. The van der Waals surface area contributed by atoms with Crippen molar-refractivity contribution in [3.05, 3.63) is 64.7 Å². The molecular formula is C27H28N2O8. The fourth-order valence-corrected chi connectivity index (χ4v) is 4.07. The van der Waals surface area contributed by atoms with Crippen LogP contribution >= 0.6 is 0 Å². The Morgan fingerprint density at radius 3 is 2.38 bits per heavy atom. The fraction of sp³-hybridized carbons (Fsp3) is 0.370. The Labute approximate surface area is 213 Å². The third kappa shape index (κ3) is 6.21. The average molecular weight is 509 g/mol. The Balaban J connectivity index is 1.29. The second kappa shape index (κ2) is 11.8. The van der Waals surface area contributed by atoms with Gasteiger partial charge in [0.05, 0.1) is 41.5 Å². The number of amides is 3. The van der Waals surface area contributed by atoms with Crippen LogP contribution in [0.2, 0.25) is 0 Å². The van der Waals surface area contributed by atoms with Gasteiger partial charge in [0.25, 0.3) is 17.7 Å². The molecule has 0 unspecified atom stereocenters. The molecule has 2 heterocycles. The van der Waals surface area contributed by atoms with Gasteiger partial charge < -0.3 is 19.5 Å². The van der Waals surface area contributed by atoms with E-state index in [0.29, 0.717) is 24.5 Å². The van der Waals surface area contributed by atoms with Gasteiger partial charge in [0.2, 0.25) is 0 Å². The van der Waals surface area contributed by atoms with Crippen molar-refractivity contribution in [3.63, 3.8) is 0 Å². The van der Waals surface area contributed by atoms with Crippen molar-refractivity contribution in [2.75, 3.05) is 31.7 Å². The lowest BCUT2D eigenvalue weighted by Gasteiger charge is -2.17. The molecule has 1 saturated heterocycles. The summed E-state index contributed by atoms with van der Waals surface area (Å²) in [6.07, 6.45) is 3.19. The van der Waals surface area contributed by atoms with Gasteiger partial charge >= 0.3 is 11.9 Å². The fourth-order valence-electron chi connectivity index (χ4n) is 4.07. The summed E-state index contributed by atoms with van der Waals surface area (Å²) in [5.74, 6) is -2.73. The summed E-state index contributed by atoms with van der Waals surface area (Å²) in [4.78, 5) is 63.2. The highest BCUT2D eigenvalue weighted by atomic mass is 16.5. The number of unbranched alkanes of at least 4 members (excludes halogenated alkanes) is 1. The van der Waals surface area contributed by atoms with Gasteiger partial charge in [-0.1, -0.05) is 13.3 Å². The third-order valence-electron chi connectivity index (χ3n) is 6.09. The maximum Gasteiger partial charge on any atom is 0.338 e. The zero-order chi connectivity index (χ0) is 26.4. The van der Waals surface area contributed by atoms with E-state index in [2.05, 4.69) is 5.32 Å². The molecule has 1 atom stereocenters. The number of fused-ring (bicyclic) bond motifs is 1. The number of carbonyl (C=O) groups is 5. The number of rotatable bonds is 10. The minimum absolute atomic E-state index is 0.0533. The number of imide groups is 1. The van der Waals surface area contributed by atoms with Crippen LogP contribution in [0, 0.1) is 0 Å². The van der Waals surface area contributed by atoms with Crippen LogP contribution in [0.5, 0.6) is 0 Å². The van der Waals surface area contributed by atoms with Crippen LogP contribution in [0.4, 0.5) is 5.69 Å². The maximum absolute atomic E-state index is 12.8. The molecule has 0 saturated carbocycles. The van der Waals surface area contributed by atoms with Gasteiger partial charge in [0.1, 0.15) is 0 Å². The number of carbonyl (C=O) groups excluding carboxylic acids is 5. The first kappa shape index (κ1) is 26.0. The van der Waals surface area contributed by atoms with Gasteiger partial charge in [-0.3, -0.25) is 19.3 Å². The lowest BCUT2D eigenvalue weighted by Crippen LogP contribution is -2.36. The molecule has 37 heavy (non-hydrogen) atoms. The van der Waals surface area contributed by atoms with Crippen LogP contribution in [0.3, 0.4) is 0 Å². The Bertz CT molecular complexity index is 1200. The standard InChI is InChI=1S/C27H28N2O8/c1-2-3-12-36-26(33)17-6-9-19(10-7-17)28-23(30)16-37-27(34)18-8-11-21-22(14-18)25(32)29(24(21)31)15-20-5-4-13-35-20/h6-11,14,20H,2-5,12-13,15-16H2,1H3,(H,28,30)/t20-/m1/s1. The molecular weight excluding hydrogens is 480 g/mol. The Morgan fingerprint density at radius 1 is 0.973 bits per heavy atom. The molecule has 2 aliphatic heterocycles. The highest BCUT2D eigenvalue weighted by Gasteiger charge is 2.38. The van der Waals surface area contributed by atoms with E-state index in [4.69, 9.17) is 14.2 Å². The molecule has 0 spiro atoms. The van der Waals surface area contributed by atoms with Gasteiger partial charge in [-0.2, -0.15) is 0 Å². The highest BCUT2D eigenvalue weighted by molar-refractivity contribution is 6.22. The van der Waals surface area contributed by atoms with Crippen molar-refractivity contribution in [1.29, 1.82) is 0 Å². The third-order valence-corrected chi connectivity index (χ3v) is 6.09. The van der Waals surface area contributed by atoms with Gasteiger partial charge in [0.15, 0.2) is 6.61 Å². The molecule has 10 heteroatoms. The van der Waals surface area contributed by atoms with Gasteiger partial charge in [0, 0.05) is 12.3 Å². The predicted molar refractivity (Wildman–Crippen MR) is 131 cm³/mol. The van der Waals surface area contributed by atoms with E-state index < -0.39 is 36.3 Å². The molecule has 1 fully saturated rings. The van der Waals surface area contributed by atoms with Crippen molar-refractivity contribution < 1.29 is 38.2 Å². The average Bonchev–Trinajstić information content (AvgIpc) is 3.50. The van der Waals surface area contributed by atoms with Crippen molar-refractivity contribution >= 4 is 35.3 Å². The normalized spacial score (nSPS) is 16.5. The largest absolute Gasteiger partial charge is 0.462 e. The zero-order valence-corrected chi connectivity index (χ0v) is 20.5. The highest BCUT2D eigenvalue weighted by Crippen LogP contribution is 2.26. The van der Waals surface area contributed by atoms with Crippen LogP contribution < -0.4 is 5.32 Å². The van der Waals surface area contributed by atoms with Crippen molar-refractivity contribution in [3.8, 4) is 0 Å². The van der Waals surface area contributed by atoms with Crippen molar-refractivity contribution in [2.24, 2.45) is 0 Å². The molecule has 4 rings (SSSR count). The second-order valence-electron chi connectivity index (χ2n) is 8.81. The smallest absolute Gasteiger partial charge is 0.338 e. The molecule has 2 aliphatic rings. The summed E-state index contributed by atoms with van der Waals surface area (Å²) >= 11 is 0. The molecule has 10 nitrogen and oxygen atoms in total. The lowest BCUT2D eigenvalue weighted by atomic mass is 10.1. The van der Waals surface area contributed by atoms with E-state index in [9.17, 15) is 24.0 Å². The van der Waals surface area contributed by atoms with Gasteiger partial charge in [-0.15, -0.1) is 0 Å². The van der Waals surface area contributed by atoms with E-state index in [1.807, 2.05) is 6.92 Å². The number of anilines is 1. The lowest BCUT2D eigenvalue weighted by molar-refractivity contribution is -0.119. The zero-order valence-electron chi connectivity index (χ0n) is 20.5. The van der Waals surface area contributed by atoms with Crippen LogP contribution in [-0.2, 0) is 19.0 Å². The molecule has 0 radical (unpaired) electrons. The monoisotopic (exact) mass is 508 g/mol. The van der Waals surface area contributed by atoms with E-state index in [1.54, 1.807) is 12.1 Å². The van der Waals surface area contributed by atoms with Crippen LogP contribution in [0.25, 0.3) is 0 Å². The quantitative estimate of drug-likeness (QED) is 0.294. The molecule has 0 aliphatic carbocycles. The first-order valence-corrected chi connectivity index (χ1v) is 12.2. The van der Waals surface area contributed by atoms with Crippen LogP contribution in [0.15, 0.2) is 42.5 Å². The molecule has 2 aromatic carbocycles. The second-order valence-corrected chi connectivity index (χ2v) is 8.81. The minimum Gasteiger partial charge on any atom is -0.462 e. The number of nitrogens with one attached hydrogen (secondary N) is 1. The SMILES string of the molecule is CCCCOC(=O)c1ccc(NC(=O)COC(=O)c2ccc3c(c2)C(=O)N(C[C@H]2CCCO2)C3=O)cc1. The summed E-state index contributed by atoms with van der Waals surface area (Å²) in [6, 6.07) is 10.3. The molecule has 194 valence electrons. The number of nitrogens with zero attached hydrogens (tertiary/aromatic N) is 1. The molecule has 3 amide bonds. The Kier molecular flexibility index (Phi) is 8.29. The van der Waals surface area contributed by atoms with Crippen LogP contribution in [0.1, 0.15) is 74.0 Å². The number of hydrogen-bond donors (Lipinski definition) is 1. The summed E-state index contributed by atoms with van der Waals surface area (Å²) in [7, 11) is 0. The minimum atomic E-state index is -0.805. The predicted octanol–water partition coefficient (Wildman–Crippen LogP) is 3.21. The summed E-state index contributed by atoms with van der Waals surface area (Å²) in [5, 5.41) is 2.58. The van der Waals surface area contributed by atoms with Crippen molar-refractivity contribution in [1.82, 2.24) is 4.90 Å². The van der Waals surface area contributed by atoms with E-state index in [-0.39, 0.29) is 29.3 Å². The van der Waals surface area contributed by atoms with Gasteiger partial charge in [-0.05, 0) is 61.7 Å². The van der Waals surface area contributed by atoms with Gasteiger partial charge in [-0.25, -0.2) is 9.59 Å². The number of hydrogen-bond acceptors (Lipinski definition) is 8. The molecule has 0 bridgehead atoms. The summed E-state index contributed by atoms with van der Waals surface area (Å²) < 4.78 is 15.7. The topological polar surface area (TPSA) is 128 Å². The van der Waals surface area contributed by atoms with Crippen LogP contribution in [-0.4, -0.2) is 67.0 Å². The number of esters is 2. The summed E-state index contributed by atoms with van der Waals surface area (Å²) in [6.45, 7) is 2.57. The number of ether oxygens (including phenoxy) is 3. The summed E-state index contributed by atoms with van der Waals surface area (Å²) in [5.41, 5.74) is 1.17. The Hall–Kier alpha value is -4.05. The first-order chi connectivity index (χ1) is 17.9. The van der Waals surface area contributed by atoms with E-state index in [1.165, 1.54) is 30.3 Å². The molecule has 1 N–H and O–H groups in total. The van der Waals surface area contributed by atoms with Crippen molar-refractivity contribution in [2.45, 2.75) is 38.7 Å². The first-order valence-electron chi connectivity index (χ1n) is 12.2. The van der Waals surface area contributed by atoms with E-state index in [0.717, 1.165) is 30.6 Å². The maximum atomic E-state index is 12.8. The van der Waals surface area contributed by atoms with E-state index >= 15 is 0 Å². The Morgan fingerprint density at radius 2 is 1.68 bits per heavy atom. The number of benzene rings is 2.